The molecule has 56 heavy (non-hydrogen) atoms. The van der Waals surface area contributed by atoms with Crippen LogP contribution < -0.4 is 4.90 Å². The van der Waals surface area contributed by atoms with E-state index in [1.54, 1.807) is 0 Å². The molecule has 0 unspecified atom stereocenters. The molecule has 10 aromatic rings. The van der Waals surface area contributed by atoms with Gasteiger partial charge in [-0.05, 0) is 75.8 Å². The summed E-state index contributed by atoms with van der Waals surface area (Å²) in [5, 5.41) is 2.41. The van der Waals surface area contributed by atoms with Crippen molar-refractivity contribution in [3.8, 4) is 50.2 Å². The Morgan fingerprint density at radius 1 is 0.286 bits per heavy atom. The molecule has 0 aliphatic heterocycles. The molecule has 264 valence electrons. The van der Waals surface area contributed by atoms with E-state index in [2.05, 4.69) is 240 Å². The molecule has 2 nitrogen and oxygen atoms in total. The molecule has 0 amide bonds. The van der Waals surface area contributed by atoms with Gasteiger partial charge in [-0.15, -0.1) is 0 Å². The summed E-state index contributed by atoms with van der Waals surface area (Å²) in [5.74, 6) is 0. The average Bonchev–Trinajstić information content (AvgIpc) is 3.63. The molecule has 0 radical (unpaired) electrons. The minimum Gasteiger partial charge on any atom is -0.309 e. The predicted molar refractivity (Wildman–Crippen MR) is 237 cm³/mol. The highest BCUT2D eigenvalue weighted by Gasteiger charge is 2.26. The molecule has 0 fully saturated rings. The first-order chi connectivity index (χ1) is 27.8. The number of fused-ring (bicyclic) bond motifs is 3. The van der Waals surface area contributed by atoms with E-state index in [4.69, 9.17) is 0 Å². The number of hydrogen-bond donors (Lipinski definition) is 0. The first-order valence-electron chi connectivity index (χ1n) is 19.2. The largest absolute Gasteiger partial charge is 0.309 e. The molecule has 0 spiro atoms. The van der Waals surface area contributed by atoms with Gasteiger partial charge in [0.15, 0.2) is 0 Å². The quantitative estimate of drug-likeness (QED) is 0.152. The van der Waals surface area contributed by atoms with Gasteiger partial charge in [0.2, 0.25) is 0 Å². The van der Waals surface area contributed by atoms with Crippen LogP contribution in [0.2, 0.25) is 0 Å². The van der Waals surface area contributed by atoms with Gasteiger partial charge >= 0.3 is 0 Å². The fourth-order valence-corrected chi connectivity index (χ4v) is 8.31. The van der Waals surface area contributed by atoms with E-state index >= 15 is 0 Å². The van der Waals surface area contributed by atoms with Crippen molar-refractivity contribution in [3.05, 3.63) is 231 Å². The third-order valence-corrected chi connectivity index (χ3v) is 10.8. The van der Waals surface area contributed by atoms with Crippen LogP contribution in [-0.2, 0) is 0 Å². The zero-order chi connectivity index (χ0) is 37.3. The van der Waals surface area contributed by atoms with Crippen LogP contribution in [0.5, 0.6) is 0 Å². The van der Waals surface area contributed by atoms with Crippen molar-refractivity contribution in [2.24, 2.45) is 0 Å². The van der Waals surface area contributed by atoms with Crippen molar-refractivity contribution in [3.63, 3.8) is 0 Å². The zero-order valence-corrected chi connectivity index (χ0v) is 30.8. The van der Waals surface area contributed by atoms with E-state index in [0.29, 0.717) is 0 Å². The van der Waals surface area contributed by atoms with Crippen molar-refractivity contribution in [1.29, 1.82) is 0 Å². The normalized spacial score (nSPS) is 11.2. The smallest absolute Gasteiger partial charge is 0.0562 e. The Balaban J connectivity index is 1.29. The lowest BCUT2D eigenvalue weighted by Crippen LogP contribution is -2.13. The second-order valence-electron chi connectivity index (χ2n) is 14.1. The highest BCUT2D eigenvalue weighted by atomic mass is 15.2. The second-order valence-corrected chi connectivity index (χ2v) is 14.1. The molecule has 0 atom stereocenters. The van der Waals surface area contributed by atoms with Crippen LogP contribution in [0.4, 0.5) is 17.1 Å². The number of benzene rings is 9. The number of para-hydroxylation sites is 3. The summed E-state index contributed by atoms with van der Waals surface area (Å²) in [6.45, 7) is 0. The van der Waals surface area contributed by atoms with E-state index in [1.807, 2.05) is 0 Å². The van der Waals surface area contributed by atoms with E-state index < -0.39 is 0 Å². The summed E-state index contributed by atoms with van der Waals surface area (Å²) < 4.78 is 2.40. The predicted octanol–water partition coefficient (Wildman–Crippen LogP) is 14.9. The van der Waals surface area contributed by atoms with Gasteiger partial charge < -0.3 is 9.47 Å². The number of aromatic nitrogens is 1. The van der Waals surface area contributed by atoms with E-state index in [1.165, 1.54) is 44.1 Å². The summed E-state index contributed by atoms with van der Waals surface area (Å²) >= 11 is 0. The van der Waals surface area contributed by atoms with Gasteiger partial charge in [-0.2, -0.15) is 0 Å². The van der Waals surface area contributed by atoms with Crippen molar-refractivity contribution in [1.82, 2.24) is 4.57 Å². The van der Waals surface area contributed by atoms with Crippen LogP contribution >= 0.6 is 0 Å². The molecule has 0 aliphatic carbocycles. The van der Waals surface area contributed by atoms with E-state index in [-0.39, 0.29) is 0 Å². The molecule has 0 saturated carbocycles. The standard InChI is InChI=1S/C54H38N2/c1-5-19-39(20-6-1)40-35-37-42(38-36-40)45-27-13-15-30-48(45)56(50-32-17-29-46(41-21-7-2-8-22-41)53(50)43-23-9-3-10-24-43)52-34-18-33-51-54(52)47-28-14-16-31-49(47)55(51)44-25-11-4-12-26-44/h1-38H. The maximum Gasteiger partial charge on any atom is 0.0562 e. The molecule has 10 rings (SSSR count). The lowest BCUT2D eigenvalue weighted by molar-refractivity contribution is 1.18. The van der Waals surface area contributed by atoms with Gasteiger partial charge in [0.25, 0.3) is 0 Å². The van der Waals surface area contributed by atoms with Crippen LogP contribution in [0.1, 0.15) is 0 Å². The van der Waals surface area contributed by atoms with Crippen molar-refractivity contribution >= 4 is 38.9 Å². The Hall–Kier alpha value is -7.42. The van der Waals surface area contributed by atoms with Gasteiger partial charge in [-0.25, -0.2) is 0 Å². The Morgan fingerprint density at radius 2 is 0.750 bits per heavy atom. The monoisotopic (exact) mass is 714 g/mol. The number of anilines is 3. The lowest BCUT2D eigenvalue weighted by Gasteiger charge is -2.31. The third-order valence-electron chi connectivity index (χ3n) is 10.8. The van der Waals surface area contributed by atoms with Crippen LogP contribution in [-0.4, -0.2) is 4.57 Å². The summed E-state index contributed by atoms with van der Waals surface area (Å²) in [6, 6.07) is 83.1. The highest BCUT2D eigenvalue weighted by Crippen LogP contribution is 2.50. The van der Waals surface area contributed by atoms with Gasteiger partial charge in [0.1, 0.15) is 0 Å². The van der Waals surface area contributed by atoms with Crippen LogP contribution in [0.25, 0.3) is 72.0 Å². The van der Waals surface area contributed by atoms with Gasteiger partial charge in [-0.3, -0.25) is 0 Å². The minimum atomic E-state index is 1.10. The molecular weight excluding hydrogens is 677 g/mol. The van der Waals surface area contributed by atoms with Crippen molar-refractivity contribution in [2.45, 2.75) is 0 Å². The topological polar surface area (TPSA) is 8.17 Å². The summed E-state index contributed by atoms with van der Waals surface area (Å²) in [6.07, 6.45) is 0. The molecule has 1 aromatic heterocycles. The van der Waals surface area contributed by atoms with Crippen LogP contribution in [0.3, 0.4) is 0 Å². The lowest BCUT2D eigenvalue weighted by atomic mass is 9.91. The highest BCUT2D eigenvalue weighted by molar-refractivity contribution is 6.17. The fraction of sp³-hybridized carbons (Fsp3) is 0. The Labute approximate surface area is 327 Å². The fourth-order valence-electron chi connectivity index (χ4n) is 8.31. The van der Waals surface area contributed by atoms with Gasteiger partial charge in [0, 0.05) is 27.6 Å². The van der Waals surface area contributed by atoms with Gasteiger partial charge in [0.05, 0.1) is 28.1 Å². The molecule has 0 bridgehead atoms. The Kier molecular flexibility index (Phi) is 8.55. The number of rotatable bonds is 8. The Bertz CT molecular complexity index is 2930. The number of nitrogens with zero attached hydrogens (tertiary/aromatic N) is 2. The third kappa shape index (κ3) is 5.85. The minimum absolute atomic E-state index is 1.10. The first-order valence-corrected chi connectivity index (χ1v) is 19.2. The molecule has 0 aliphatic rings. The zero-order valence-electron chi connectivity index (χ0n) is 30.8. The van der Waals surface area contributed by atoms with E-state index in [9.17, 15) is 0 Å². The second kappa shape index (κ2) is 14.4. The van der Waals surface area contributed by atoms with Crippen LogP contribution in [0.15, 0.2) is 231 Å². The van der Waals surface area contributed by atoms with Crippen molar-refractivity contribution in [2.75, 3.05) is 4.90 Å². The maximum atomic E-state index is 2.51. The molecule has 2 heteroatoms. The first kappa shape index (κ1) is 33.2. The molecule has 0 N–H and O–H groups in total. The molecular formula is C54H38N2. The molecule has 0 saturated heterocycles. The number of hydrogen-bond acceptors (Lipinski definition) is 1. The SMILES string of the molecule is c1ccc(-c2ccc(-c3ccccc3N(c3cccc(-c4ccccc4)c3-c3ccccc3)c3cccc4c3c3ccccc3n4-c3ccccc3)cc2)cc1. The summed E-state index contributed by atoms with van der Waals surface area (Å²) in [7, 11) is 0. The van der Waals surface area contributed by atoms with E-state index in [0.717, 1.165) is 45.0 Å². The molecule has 1 heterocycles. The van der Waals surface area contributed by atoms with Crippen molar-refractivity contribution < 1.29 is 0 Å². The summed E-state index contributed by atoms with van der Waals surface area (Å²) in [4.78, 5) is 2.51. The molecule has 9 aromatic carbocycles. The van der Waals surface area contributed by atoms with Crippen LogP contribution in [0, 0.1) is 0 Å². The average molecular weight is 715 g/mol. The summed E-state index contributed by atoms with van der Waals surface area (Å²) in [5.41, 5.74) is 16.2. The maximum absolute atomic E-state index is 2.51. The Morgan fingerprint density at radius 3 is 1.48 bits per heavy atom. The van der Waals surface area contributed by atoms with Gasteiger partial charge in [-0.1, -0.05) is 188 Å².